The number of nitrogens with zero attached hydrogens (tertiary/aromatic N) is 2. The SMILES string of the molecule is CCc1ccccc1NC(=O)[C@H](CCSC)NC(=O)N1C[C@@H]2C[C@@H](C1)c1cccc(=O)n1C2. The van der Waals surface area contributed by atoms with Gasteiger partial charge in [-0.15, -0.1) is 0 Å². The molecule has 2 aromatic rings. The third kappa shape index (κ3) is 5.27. The average molecular weight is 469 g/mol. The van der Waals surface area contributed by atoms with Crippen LogP contribution in [-0.2, 0) is 17.8 Å². The number of urea groups is 1. The van der Waals surface area contributed by atoms with E-state index in [1.165, 1.54) is 0 Å². The van der Waals surface area contributed by atoms with Crippen molar-refractivity contribution < 1.29 is 9.59 Å². The number of aromatic nitrogens is 1. The van der Waals surface area contributed by atoms with Gasteiger partial charge in [0.25, 0.3) is 5.56 Å². The molecule has 2 aliphatic rings. The summed E-state index contributed by atoms with van der Waals surface area (Å²) in [7, 11) is 0. The standard InChI is InChI=1S/C25H32N4O3S/c1-3-18-7-4-5-8-20(18)26-24(31)21(11-12-33-2)27-25(32)28-14-17-13-19(16-28)22-9-6-10-23(30)29(22)15-17/h4-10,17,19,21H,3,11-16H2,1-2H3,(H,26,31)(H,27,32)/t17-,19-,21-/m0/s1. The minimum Gasteiger partial charge on any atom is -0.326 e. The Morgan fingerprint density at radius 2 is 1.94 bits per heavy atom. The highest BCUT2D eigenvalue weighted by Crippen LogP contribution is 2.34. The largest absolute Gasteiger partial charge is 0.326 e. The molecule has 3 atom stereocenters. The van der Waals surface area contributed by atoms with E-state index in [1.807, 2.05) is 46.1 Å². The van der Waals surface area contributed by atoms with Gasteiger partial charge in [0, 0.05) is 43.0 Å². The molecule has 0 spiro atoms. The first-order chi connectivity index (χ1) is 16.0. The van der Waals surface area contributed by atoms with Gasteiger partial charge in [-0.25, -0.2) is 4.79 Å². The van der Waals surface area contributed by atoms with Crippen molar-refractivity contribution >= 4 is 29.4 Å². The van der Waals surface area contributed by atoms with Gasteiger partial charge in [-0.1, -0.05) is 31.2 Å². The summed E-state index contributed by atoms with van der Waals surface area (Å²) in [5, 5.41) is 6.02. The van der Waals surface area contributed by atoms with E-state index >= 15 is 0 Å². The van der Waals surface area contributed by atoms with Crippen molar-refractivity contribution in [2.75, 3.05) is 30.4 Å². The van der Waals surface area contributed by atoms with E-state index in [0.29, 0.717) is 26.1 Å². The maximum atomic E-state index is 13.2. The maximum Gasteiger partial charge on any atom is 0.318 e. The highest BCUT2D eigenvalue weighted by molar-refractivity contribution is 7.98. The minimum absolute atomic E-state index is 0.0289. The van der Waals surface area contributed by atoms with E-state index < -0.39 is 6.04 Å². The number of hydrogen-bond donors (Lipinski definition) is 2. The zero-order valence-corrected chi connectivity index (χ0v) is 20.1. The maximum absolute atomic E-state index is 13.2. The molecule has 1 aromatic carbocycles. The quantitative estimate of drug-likeness (QED) is 0.653. The van der Waals surface area contributed by atoms with E-state index in [0.717, 1.165) is 35.5 Å². The highest BCUT2D eigenvalue weighted by atomic mass is 32.2. The lowest BCUT2D eigenvalue weighted by molar-refractivity contribution is -0.118. The zero-order valence-electron chi connectivity index (χ0n) is 19.3. The smallest absolute Gasteiger partial charge is 0.318 e. The van der Waals surface area contributed by atoms with E-state index in [2.05, 4.69) is 17.6 Å². The Balaban J connectivity index is 1.45. The number of carbonyl (C=O) groups excluding carboxylic acids is 2. The molecule has 0 saturated carbocycles. The highest BCUT2D eigenvalue weighted by Gasteiger charge is 2.37. The van der Waals surface area contributed by atoms with Crippen LogP contribution in [0.1, 0.15) is 36.9 Å². The van der Waals surface area contributed by atoms with E-state index in [9.17, 15) is 14.4 Å². The predicted octanol–water partition coefficient (Wildman–Crippen LogP) is 3.30. The normalized spacial score (nSPS) is 20.0. The molecule has 1 fully saturated rings. The molecule has 0 aliphatic carbocycles. The number of hydrogen-bond acceptors (Lipinski definition) is 4. The number of fused-ring (bicyclic) bond motifs is 4. The van der Waals surface area contributed by atoms with Crippen LogP contribution in [0.15, 0.2) is 47.3 Å². The molecule has 2 N–H and O–H groups in total. The molecule has 7 nitrogen and oxygen atoms in total. The number of pyridine rings is 1. The summed E-state index contributed by atoms with van der Waals surface area (Å²) in [6.07, 6.45) is 4.36. The molecule has 3 amide bonds. The number of amides is 3. The topological polar surface area (TPSA) is 83.4 Å². The first kappa shape index (κ1) is 23.4. The van der Waals surface area contributed by atoms with Crippen LogP contribution in [0.3, 0.4) is 0 Å². The number of para-hydroxylation sites is 1. The second-order valence-corrected chi connectivity index (χ2v) is 9.87. The van der Waals surface area contributed by atoms with Gasteiger partial charge in [0.1, 0.15) is 6.04 Å². The molecular weight excluding hydrogens is 436 g/mol. The number of likely N-dealkylation sites (tertiary alicyclic amines) is 1. The number of anilines is 1. The fraction of sp³-hybridized carbons (Fsp3) is 0.480. The van der Waals surface area contributed by atoms with Crippen molar-refractivity contribution in [3.05, 3.63) is 64.1 Å². The van der Waals surface area contributed by atoms with Crippen LogP contribution >= 0.6 is 11.8 Å². The van der Waals surface area contributed by atoms with Gasteiger partial charge in [-0.3, -0.25) is 9.59 Å². The van der Waals surface area contributed by atoms with Crippen LogP contribution in [-0.4, -0.2) is 52.5 Å². The van der Waals surface area contributed by atoms with Crippen molar-refractivity contribution in [3.8, 4) is 0 Å². The van der Waals surface area contributed by atoms with Crippen molar-refractivity contribution in [2.45, 2.75) is 44.7 Å². The predicted molar refractivity (Wildman–Crippen MR) is 133 cm³/mol. The molecule has 4 rings (SSSR count). The summed E-state index contributed by atoms with van der Waals surface area (Å²) < 4.78 is 1.86. The number of rotatable bonds is 7. The van der Waals surface area contributed by atoms with E-state index in [-0.39, 0.29) is 29.3 Å². The molecule has 3 heterocycles. The van der Waals surface area contributed by atoms with Gasteiger partial charge in [-0.2, -0.15) is 11.8 Å². The molecule has 1 aromatic heterocycles. The Labute approximate surface area is 198 Å². The Hall–Kier alpha value is -2.74. The van der Waals surface area contributed by atoms with Crippen LogP contribution in [0.25, 0.3) is 0 Å². The van der Waals surface area contributed by atoms with Gasteiger partial charge < -0.3 is 20.1 Å². The van der Waals surface area contributed by atoms with Gasteiger partial charge >= 0.3 is 6.03 Å². The lowest BCUT2D eigenvalue weighted by atomic mass is 9.83. The van der Waals surface area contributed by atoms with Crippen LogP contribution in [0.2, 0.25) is 0 Å². The third-order valence-electron chi connectivity index (χ3n) is 6.65. The lowest BCUT2D eigenvalue weighted by Crippen LogP contribution is -2.55. The summed E-state index contributed by atoms with van der Waals surface area (Å²) in [4.78, 5) is 40.4. The van der Waals surface area contributed by atoms with Gasteiger partial charge in [0.15, 0.2) is 0 Å². The van der Waals surface area contributed by atoms with Crippen molar-refractivity contribution in [2.24, 2.45) is 5.92 Å². The molecule has 8 heteroatoms. The number of piperidine rings is 1. The Morgan fingerprint density at radius 3 is 2.73 bits per heavy atom. The fourth-order valence-corrected chi connectivity index (χ4v) is 5.45. The summed E-state index contributed by atoms with van der Waals surface area (Å²) in [6.45, 7) is 3.84. The first-order valence-electron chi connectivity index (χ1n) is 11.6. The molecule has 2 aliphatic heterocycles. The molecule has 1 saturated heterocycles. The Bertz CT molecular complexity index is 1070. The number of nitrogens with one attached hydrogen (secondary N) is 2. The van der Waals surface area contributed by atoms with E-state index in [1.54, 1.807) is 23.9 Å². The zero-order chi connectivity index (χ0) is 23.4. The van der Waals surface area contributed by atoms with Crippen LogP contribution in [0, 0.1) is 5.92 Å². The summed E-state index contributed by atoms with van der Waals surface area (Å²) in [5.41, 5.74) is 2.90. The number of aryl methyl sites for hydroxylation is 1. The molecule has 0 radical (unpaired) electrons. The second kappa shape index (κ2) is 10.5. The molecule has 33 heavy (non-hydrogen) atoms. The molecule has 176 valence electrons. The number of carbonyl (C=O) groups is 2. The van der Waals surface area contributed by atoms with Crippen molar-refractivity contribution in [3.63, 3.8) is 0 Å². The third-order valence-corrected chi connectivity index (χ3v) is 7.29. The molecule has 0 unspecified atom stereocenters. The Morgan fingerprint density at radius 1 is 1.12 bits per heavy atom. The minimum atomic E-state index is -0.605. The van der Waals surface area contributed by atoms with Gasteiger partial charge in [0.2, 0.25) is 5.91 Å². The average Bonchev–Trinajstić information content (AvgIpc) is 2.82. The fourth-order valence-electron chi connectivity index (χ4n) is 4.98. The lowest BCUT2D eigenvalue weighted by Gasteiger charge is -2.43. The monoisotopic (exact) mass is 468 g/mol. The van der Waals surface area contributed by atoms with Crippen LogP contribution in [0.4, 0.5) is 10.5 Å². The second-order valence-electron chi connectivity index (χ2n) is 8.89. The van der Waals surface area contributed by atoms with Crippen molar-refractivity contribution in [1.82, 2.24) is 14.8 Å². The van der Waals surface area contributed by atoms with Crippen molar-refractivity contribution in [1.29, 1.82) is 0 Å². The summed E-state index contributed by atoms with van der Waals surface area (Å²) in [6, 6.07) is 12.3. The molecule has 2 bridgehead atoms. The van der Waals surface area contributed by atoms with Crippen LogP contribution in [0.5, 0.6) is 0 Å². The number of thioether (sulfide) groups is 1. The first-order valence-corrected chi connectivity index (χ1v) is 13.0. The van der Waals surface area contributed by atoms with E-state index in [4.69, 9.17) is 0 Å². The van der Waals surface area contributed by atoms with Gasteiger partial charge in [-0.05, 0) is 54.9 Å². The van der Waals surface area contributed by atoms with Gasteiger partial charge in [0.05, 0.1) is 0 Å². The van der Waals surface area contributed by atoms with Crippen LogP contribution < -0.4 is 16.2 Å². The Kier molecular flexibility index (Phi) is 7.42. The summed E-state index contributed by atoms with van der Waals surface area (Å²) in [5.74, 6) is 0.978. The molecular formula is C25H32N4O3S. The number of benzene rings is 1. The summed E-state index contributed by atoms with van der Waals surface area (Å²) >= 11 is 1.65.